The minimum Gasteiger partial charge on any atom is -0.349 e. The maximum Gasteiger partial charge on any atom is 0.416 e. The average Bonchev–Trinajstić information content (AvgIpc) is 2.97. The lowest BCUT2D eigenvalue weighted by molar-refractivity contribution is -0.137. The van der Waals surface area contributed by atoms with E-state index in [4.69, 9.17) is 0 Å². The molecule has 0 aromatic heterocycles. The van der Waals surface area contributed by atoms with E-state index in [9.17, 15) is 22.8 Å². The topological polar surface area (TPSA) is 49.4 Å². The SMILES string of the molecule is CCC(CC)N1CC(C(=O)NC(C)c2cccc(C(F)(F)F)c2)CC1=O. The molecule has 2 amide bonds. The Labute approximate surface area is 151 Å². The van der Waals surface area contributed by atoms with Crippen LogP contribution < -0.4 is 5.32 Å². The summed E-state index contributed by atoms with van der Waals surface area (Å²) in [5.74, 6) is -0.793. The number of rotatable bonds is 6. The summed E-state index contributed by atoms with van der Waals surface area (Å²) in [6, 6.07) is 4.48. The molecule has 1 fully saturated rings. The van der Waals surface area contributed by atoms with Crippen LogP contribution in [0.3, 0.4) is 0 Å². The van der Waals surface area contributed by atoms with Gasteiger partial charge in [0, 0.05) is 19.0 Å². The van der Waals surface area contributed by atoms with Crippen molar-refractivity contribution in [3.8, 4) is 0 Å². The predicted octanol–water partition coefficient (Wildman–Crippen LogP) is 3.92. The van der Waals surface area contributed by atoms with E-state index in [0.29, 0.717) is 12.1 Å². The number of carbonyl (C=O) groups excluding carboxylic acids is 2. The van der Waals surface area contributed by atoms with E-state index >= 15 is 0 Å². The van der Waals surface area contributed by atoms with Crippen LogP contribution in [0, 0.1) is 5.92 Å². The second-order valence-corrected chi connectivity index (χ2v) is 6.77. The molecular formula is C19H25F3N2O2. The van der Waals surface area contributed by atoms with Gasteiger partial charge in [0.15, 0.2) is 0 Å². The van der Waals surface area contributed by atoms with Crippen molar-refractivity contribution in [2.75, 3.05) is 6.54 Å². The fourth-order valence-corrected chi connectivity index (χ4v) is 3.39. The van der Waals surface area contributed by atoms with E-state index in [1.54, 1.807) is 17.9 Å². The third kappa shape index (κ3) is 4.56. The molecule has 26 heavy (non-hydrogen) atoms. The molecule has 1 aromatic rings. The first-order valence-electron chi connectivity index (χ1n) is 8.94. The van der Waals surface area contributed by atoms with Gasteiger partial charge in [0.1, 0.15) is 0 Å². The molecule has 1 saturated heterocycles. The summed E-state index contributed by atoms with van der Waals surface area (Å²) in [6.45, 7) is 6.02. The fourth-order valence-electron chi connectivity index (χ4n) is 3.39. The minimum absolute atomic E-state index is 0.0365. The van der Waals surface area contributed by atoms with Gasteiger partial charge < -0.3 is 10.2 Å². The van der Waals surface area contributed by atoms with Crippen molar-refractivity contribution < 1.29 is 22.8 Å². The van der Waals surface area contributed by atoms with Crippen LogP contribution in [0.4, 0.5) is 13.2 Å². The Morgan fingerprint density at radius 3 is 2.54 bits per heavy atom. The largest absolute Gasteiger partial charge is 0.416 e. The van der Waals surface area contributed by atoms with Gasteiger partial charge in [-0.05, 0) is 37.5 Å². The molecule has 1 aliphatic heterocycles. The first-order chi connectivity index (χ1) is 12.2. The average molecular weight is 370 g/mol. The minimum atomic E-state index is -4.42. The van der Waals surface area contributed by atoms with Gasteiger partial charge in [-0.15, -0.1) is 0 Å². The second kappa shape index (κ2) is 8.10. The molecule has 2 rings (SSSR count). The molecule has 1 heterocycles. The third-order valence-electron chi connectivity index (χ3n) is 4.99. The standard InChI is InChI=1S/C19H25F3N2O2/c1-4-16(5-2)24-11-14(10-17(24)25)18(26)23-12(3)13-7-6-8-15(9-13)19(20,21)22/h6-9,12,14,16H,4-5,10-11H2,1-3H3,(H,23,26). The highest BCUT2D eigenvalue weighted by Gasteiger charge is 2.37. The van der Waals surface area contributed by atoms with Gasteiger partial charge in [-0.25, -0.2) is 0 Å². The maximum atomic E-state index is 12.8. The predicted molar refractivity (Wildman–Crippen MR) is 92.2 cm³/mol. The zero-order valence-electron chi connectivity index (χ0n) is 15.3. The normalized spacial score (nSPS) is 19.1. The lowest BCUT2D eigenvalue weighted by Gasteiger charge is -2.26. The lowest BCUT2D eigenvalue weighted by atomic mass is 10.0. The summed E-state index contributed by atoms with van der Waals surface area (Å²) in [4.78, 5) is 26.4. The number of nitrogens with zero attached hydrogens (tertiary/aromatic N) is 1. The van der Waals surface area contributed by atoms with E-state index in [-0.39, 0.29) is 24.3 Å². The van der Waals surface area contributed by atoms with Crippen molar-refractivity contribution in [2.24, 2.45) is 5.92 Å². The van der Waals surface area contributed by atoms with Gasteiger partial charge in [-0.2, -0.15) is 13.2 Å². The van der Waals surface area contributed by atoms with Crippen LogP contribution in [0.15, 0.2) is 24.3 Å². The molecule has 1 aromatic carbocycles. The Hall–Kier alpha value is -2.05. The van der Waals surface area contributed by atoms with Crippen molar-refractivity contribution in [1.82, 2.24) is 10.2 Å². The smallest absolute Gasteiger partial charge is 0.349 e. The first kappa shape index (κ1) is 20.3. The highest BCUT2D eigenvalue weighted by molar-refractivity contribution is 5.89. The van der Waals surface area contributed by atoms with E-state index in [1.807, 2.05) is 13.8 Å². The summed E-state index contributed by atoms with van der Waals surface area (Å²) in [7, 11) is 0. The van der Waals surface area contributed by atoms with Gasteiger partial charge in [0.2, 0.25) is 11.8 Å². The monoisotopic (exact) mass is 370 g/mol. The van der Waals surface area contributed by atoms with Crippen LogP contribution in [0.1, 0.15) is 57.2 Å². The molecule has 7 heteroatoms. The molecule has 4 nitrogen and oxygen atoms in total. The molecule has 0 spiro atoms. The van der Waals surface area contributed by atoms with E-state index in [1.165, 1.54) is 6.07 Å². The molecule has 1 aliphatic rings. The number of likely N-dealkylation sites (tertiary alicyclic amines) is 1. The number of alkyl halides is 3. The maximum absolute atomic E-state index is 12.8. The second-order valence-electron chi connectivity index (χ2n) is 6.77. The Kier molecular flexibility index (Phi) is 6.31. The number of hydrogen-bond acceptors (Lipinski definition) is 2. The molecule has 0 saturated carbocycles. The number of halogens is 3. The molecule has 0 bridgehead atoms. The van der Waals surface area contributed by atoms with Crippen LogP contribution in [-0.4, -0.2) is 29.3 Å². The zero-order valence-corrected chi connectivity index (χ0v) is 15.3. The van der Waals surface area contributed by atoms with Gasteiger partial charge in [-0.1, -0.05) is 26.0 Å². The number of hydrogen-bond donors (Lipinski definition) is 1. The highest BCUT2D eigenvalue weighted by atomic mass is 19.4. The van der Waals surface area contributed by atoms with Crippen LogP contribution in [0.2, 0.25) is 0 Å². The summed E-state index contributed by atoms with van der Waals surface area (Å²) >= 11 is 0. The zero-order chi connectivity index (χ0) is 19.5. The van der Waals surface area contributed by atoms with E-state index in [0.717, 1.165) is 25.0 Å². The summed E-state index contributed by atoms with van der Waals surface area (Å²) in [5, 5.41) is 2.75. The van der Waals surface area contributed by atoms with Crippen LogP contribution in [0.25, 0.3) is 0 Å². The van der Waals surface area contributed by atoms with Gasteiger partial charge in [0.05, 0.1) is 17.5 Å². The van der Waals surface area contributed by atoms with Crippen molar-refractivity contribution in [3.05, 3.63) is 35.4 Å². The Balaban J connectivity index is 2.03. The Morgan fingerprint density at radius 2 is 1.96 bits per heavy atom. The number of carbonyl (C=O) groups is 2. The van der Waals surface area contributed by atoms with Crippen LogP contribution in [-0.2, 0) is 15.8 Å². The number of benzene rings is 1. The molecular weight excluding hydrogens is 345 g/mol. The fraction of sp³-hybridized carbons (Fsp3) is 0.579. The molecule has 1 N–H and O–H groups in total. The summed E-state index contributed by atoms with van der Waals surface area (Å²) < 4.78 is 38.5. The summed E-state index contributed by atoms with van der Waals surface area (Å²) in [6.07, 6.45) is -2.61. The number of nitrogens with one attached hydrogen (secondary N) is 1. The van der Waals surface area contributed by atoms with Crippen molar-refractivity contribution >= 4 is 11.8 Å². The molecule has 0 aliphatic carbocycles. The summed E-state index contributed by atoms with van der Waals surface area (Å²) in [5.41, 5.74) is -0.360. The number of amides is 2. The quantitative estimate of drug-likeness (QED) is 0.825. The van der Waals surface area contributed by atoms with Crippen LogP contribution >= 0.6 is 0 Å². The molecule has 0 radical (unpaired) electrons. The van der Waals surface area contributed by atoms with Crippen molar-refractivity contribution in [2.45, 2.75) is 58.3 Å². The van der Waals surface area contributed by atoms with E-state index < -0.39 is 23.7 Å². The van der Waals surface area contributed by atoms with Crippen molar-refractivity contribution in [1.29, 1.82) is 0 Å². The lowest BCUT2D eigenvalue weighted by Crippen LogP contribution is -2.38. The third-order valence-corrected chi connectivity index (χ3v) is 4.99. The molecule has 2 unspecified atom stereocenters. The molecule has 144 valence electrons. The van der Waals surface area contributed by atoms with Gasteiger partial charge in [0.25, 0.3) is 0 Å². The first-order valence-corrected chi connectivity index (χ1v) is 8.94. The Morgan fingerprint density at radius 1 is 1.31 bits per heavy atom. The molecule has 2 atom stereocenters. The Bertz CT molecular complexity index is 656. The highest BCUT2D eigenvalue weighted by Crippen LogP contribution is 2.31. The van der Waals surface area contributed by atoms with Crippen molar-refractivity contribution in [3.63, 3.8) is 0 Å². The van der Waals surface area contributed by atoms with Gasteiger partial charge in [-0.3, -0.25) is 9.59 Å². The van der Waals surface area contributed by atoms with E-state index in [2.05, 4.69) is 5.32 Å². The van der Waals surface area contributed by atoms with Gasteiger partial charge >= 0.3 is 6.18 Å². The van der Waals surface area contributed by atoms with Crippen LogP contribution in [0.5, 0.6) is 0 Å².